The second kappa shape index (κ2) is 14.3. The molecule has 2 atom stereocenters. The molecule has 1 fully saturated rings. The van der Waals surface area contributed by atoms with E-state index in [1.54, 1.807) is 19.2 Å². The molecule has 1 aromatic heterocycles. The van der Waals surface area contributed by atoms with Crippen molar-refractivity contribution < 1.29 is 23.5 Å². The number of anilines is 1. The molecule has 2 amide bonds. The van der Waals surface area contributed by atoms with Gasteiger partial charge in [-0.05, 0) is 61.9 Å². The van der Waals surface area contributed by atoms with Crippen molar-refractivity contribution in [2.24, 2.45) is 5.73 Å². The summed E-state index contributed by atoms with van der Waals surface area (Å²) in [5.74, 6) is 0.367. The van der Waals surface area contributed by atoms with Gasteiger partial charge < -0.3 is 24.7 Å². The van der Waals surface area contributed by atoms with Crippen LogP contribution in [-0.2, 0) is 27.2 Å². The smallest absolute Gasteiger partial charge is 0.411 e. The second-order valence-corrected chi connectivity index (χ2v) is 10.5. The van der Waals surface area contributed by atoms with E-state index >= 15 is 0 Å². The molecule has 1 aliphatic rings. The number of ether oxygens (including phenoxy) is 2. The van der Waals surface area contributed by atoms with Crippen molar-refractivity contribution in [3.05, 3.63) is 65.4 Å². The lowest BCUT2D eigenvalue weighted by Crippen LogP contribution is -2.42. The maximum atomic E-state index is 13.3. The van der Waals surface area contributed by atoms with E-state index in [-0.39, 0.29) is 30.9 Å². The number of aromatic nitrogens is 1. The molecule has 1 aliphatic heterocycles. The van der Waals surface area contributed by atoms with Crippen LogP contribution >= 0.6 is 0 Å². The van der Waals surface area contributed by atoms with Crippen LogP contribution in [-0.4, -0.2) is 67.6 Å². The van der Waals surface area contributed by atoms with E-state index in [1.165, 1.54) is 22.2 Å². The van der Waals surface area contributed by atoms with Crippen LogP contribution in [0.2, 0.25) is 0 Å². The van der Waals surface area contributed by atoms with Gasteiger partial charge in [0.25, 0.3) is 0 Å². The fourth-order valence-electron chi connectivity index (χ4n) is 5.80. The number of methoxy groups -OCH3 is 1. The molecule has 2 unspecified atom stereocenters. The summed E-state index contributed by atoms with van der Waals surface area (Å²) in [6.07, 6.45) is 3.08. The predicted molar refractivity (Wildman–Crippen MR) is 155 cm³/mol. The molecule has 216 valence electrons. The summed E-state index contributed by atoms with van der Waals surface area (Å²) in [7, 11) is 1.73. The highest BCUT2D eigenvalue weighted by Gasteiger charge is 2.29. The van der Waals surface area contributed by atoms with Gasteiger partial charge in [-0.15, -0.1) is 0 Å². The van der Waals surface area contributed by atoms with E-state index in [1.807, 2.05) is 17.0 Å². The lowest BCUT2D eigenvalue weighted by molar-refractivity contribution is -0.132. The quantitative estimate of drug-likeness (QED) is 0.302. The maximum absolute atomic E-state index is 13.3. The zero-order chi connectivity index (χ0) is 28.5. The number of rotatable bonds is 12. The number of piperidine rings is 1. The van der Waals surface area contributed by atoms with Crippen LogP contribution in [0.1, 0.15) is 48.4 Å². The Morgan fingerprint density at radius 3 is 2.67 bits per heavy atom. The molecule has 3 aromatic rings. The Kier molecular flexibility index (Phi) is 10.5. The molecular formula is C31H41FN4O4. The van der Waals surface area contributed by atoms with Crippen LogP contribution in [0, 0.1) is 6.92 Å². The van der Waals surface area contributed by atoms with Gasteiger partial charge in [0.1, 0.15) is 13.3 Å². The molecule has 8 nitrogen and oxygen atoms in total. The molecule has 3 N–H and O–H groups in total. The highest BCUT2D eigenvalue weighted by atomic mass is 19.1. The molecule has 2 aromatic carbocycles. The number of likely N-dealkylation sites (tertiary alicyclic amines) is 1. The Bertz CT molecular complexity index is 1280. The van der Waals surface area contributed by atoms with E-state index in [4.69, 9.17) is 10.5 Å². The van der Waals surface area contributed by atoms with Gasteiger partial charge in [0.05, 0.1) is 0 Å². The third-order valence-electron chi connectivity index (χ3n) is 7.61. The average Bonchev–Trinajstić information content (AvgIpc) is 3.24. The number of nitrogens with one attached hydrogen (secondary N) is 1. The summed E-state index contributed by atoms with van der Waals surface area (Å²) < 4.78 is 24.6. The van der Waals surface area contributed by atoms with Crippen molar-refractivity contribution in [1.82, 2.24) is 9.47 Å². The SMILES string of the molecule is COCCCn1c(C2CCCN(C(=O)CC(N)Cc3ccc(NC(=O)OCCF)cc3)C2)c(C)c2ccccc21. The molecule has 1 saturated heterocycles. The number of halogens is 1. The van der Waals surface area contributed by atoms with E-state index in [2.05, 4.69) is 45.8 Å². The van der Waals surface area contributed by atoms with Crippen molar-refractivity contribution in [1.29, 1.82) is 0 Å². The normalized spacial score (nSPS) is 16.2. The Morgan fingerprint density at radius 1 is 1.15 bits per heavy atom. The van der Waals surface area contributed by atoms with Crippen molar-refractivity contribution in [2.75, 3.05) is 45.4 Å². The first-order valence-corrected chi connectivity index (χ1v) is 14.1. The van der Waals surface area contributed by atoms with Crippen LogP contribution in [0.5, 0.6) is 0 Å². The molecule has 0 saturated carbocycles. The van der Waals surface area contributed by atoms with Crippen molar-refractivity contribution in [2.45, 2.75) is 57.5 Å². The molecule has 40 heavy (non-hydrogen) atoms. The fraction of sp³-hybridized carbons (Fsp3) is 0.484. The molecule has 0 spiro atoms. The Hall–Kier alpha value is -3.43. The number of aryl methyl sites for hydroxylation is 2. The van der Waals surface area contributed by atoms with Crippen LogP contribution < -0.4 is 11.1 Å². The number of nitrogens with two attached hydrogens (primary N) is 1. The van der Waals surface area contributed by atoms with Crippen molar-refractivity contribution in [3.63, 3.8) is 0 Å². The summed E-state index contributed by atoms with van der Waals surface area (Å²) in [4.78, 5) is 26.9. The van der Waals surface area contributed by atoms with Crippen LogP contribution in [0.4, 0.5) is 14.9 Å². The summed E-state index contributed by atoms with van der Waals surface area (Å²) in [6.45, 7) is 4.26. The third-order valence-corrected chi connectivity index (χ3v) is 7.61. The Morgan fingerprint density at radius 2 is 1.93 bits per heavy atom. The number of carbonyl (C=O) groups excluding carboxylic acids is 2. The largest absolute Gasteiger partial charge is 0.447 e. The highest BCUT2D eigenvalue weighted by molar-refractivity contribution is 5.86. The number of fused-ring (bicyclic) bond motifs is 1. The molecule has 0 bridgehead atoms. The van der Waals surface area contributed by atoms with Gasteiger partial charge in [-0.25, -0.2) is 9.18 Å². The van der Waals surface area contributed by atoms with Crippen molar-refractivity contribution >= 4 is 28.6 Å². The van der Waals surface area contributed by atoms with Gasteiger partial charge in [-0.1, -0.05) is 30.3 Å². The molecular weight excluding hydrogens is 511 g/mol. The lowest BCUT2D eigenvalue weighted by Gasteiger charge is -2.34. The van der Waals surface area contributed by atoms with Gasteiger partial charge in [0, 0.05) is 74.0 Å². The molecule has 4 rings (SSSR count). The second-order valence-electron chi connectivity index (χ2n) is 10.5. The first-order chi connectivity index (χ1) is 19.4. The highest BCUT2D eigenvalue weighted by Crippen LogP contribution is 2.36. The number of hydrogen-bond donors (Lipinski definition) is 2. The van der Waals surface area contributed by atoms with Crippen LogP contribution in [0.3, 0.4) is 0 Å². The van der Waals surface area contributed by atoms with E-state index in [0.717, 1.165) is 37.9 Å². The monoisotopic (exact) mass is 552 g/mol. The van der Waals surface area contributed by atoms with Gasteiger partial charge >= 0.3 is 6.09 Å². The van der Waals surface area contributed by atoms with Gasteiger partial charge in [0.15, 0.2) is 0 Å². The van der Waals surface area contributed by atoms with Gasteiger partial charge in [-0.2, -0.15) is 0 Å². The van der Waals surface area contributed by atoms with Gasteiger partial charge in [0.2, 0.25) is 5.91 Å². The lowest BCUT2D eigenvalue weighted by atomic mass is 9.91. The van der Waals surface area contributed by atoms with Crippen LogP contribution in [0.25, 0.3) is 10.9 Å². The minimum absolute atomic E-state index is 0.0887. The fourth-order valence-corrected chi connectivity index (χ4v) is 5.80. The summed E-state index contributed by atoms with van der Waals surface area (Å²) in [5, 5.41) is 3.83. The van der Waals surface area contributed by atoms with Crippen LogP contribution in [0.15, 0.2) is 48.5 Å². The number of para-hydroxylation sites is 1. The number of amides is 2. The predicted octanol–water partition coefficient (Wildman–Crippen LogP) is 5.17. The first kappa shape index (κ1) is 29.6. The summed E-state index contributed by atoms with van der Waals surface area (Å²) in [5.41, 5.74) is 11.8. The van der Waals surface area contributed by atoms with E-state index in [0.29, 0.717) is 25.3 Å². The molecule has 0 aliphatic carbocycles. The molecule has 2 heterocycles. The number of benzene rings is 2. The zero-order valence-corrected chi connectivity index (χ0v) is 23.5. The number of carbonyl (C=O) groups is 2. The number of hydrogen-bond acceptors (Lipinski definition) is 5. The zero-order valence-electron chi connectivity index (χ0n) is 23.5. The third kappa shape index (κ3) is 7.40. The average molecular weight is 553 g/mol. The summed E-state index contributed by atoms with van der Waals surface area (Å²) in [6, 6.07) is 15.4. The molecule has 9 heteroatoms. The number of alkyl halides is 1. The first-order valence-electron chi connectivity index (χ1n) is 14.1. The minimum Gasteiger partial charge on any atom is -0.447 e. The maximum Gasteiger partial charge on any atom is 0.411 e. The van der Waals surface area contributed by atoms with E-state index in [9.17, 15) is 14.0 Å². The number of nitrogens with zero attached hydrogens (tertiary/aromatic N) is 2. The van der Waals surface area contributed by atoms with Crippen molar-refractivity contribution in [3.8, 4) is 0 Å². The Balaban J connectivity index is 1.37. The topological polar surface area (TPSA) is 98.8 Å². The minimum atomic E-state index is -0.722. The summed E-state index contributed by atoms with van der Waals surface area (Å²) >= 11 is 0. The Labute approximate surface area is 235 Å². The van der Waals surface area contributed by atoms with Gasteiger partial charge in [-0.3, -0.25) is 10.1 Å². The van der Waals surface area contributed by atoms with E-state index < -0.39 is 12.8 Å². The standard InChI is InChI=1S/C31H41FN4O4/c1-22-27-8-3-4-9-28(27)36(16-6-17-39-2)30(22)24-7-5-15-35(21-24)29(37)20-25(33)19-23-10-12-26(13-11-23)34-31(38)40-18-14-32/h3-4,8-13,24-25H,5-7,14-21,33H2,1-2H3,(H,34,38). The molecule has 0 radical (unpaired) electrons.